The molecule has 0 rings (SSSR count). The van der Waals surface area contributed by atoms with Crippen LogP contribution in [-0.2, 0) is 21.6 Å². The Morgan fingerprint density at radius 1 is 1.50 bits per heavy atom. The molecule has 6 heteroatoms. The van der Waals surface area contributed by atoms with Crippen molar-refractivity contribution in [2.75, 3.05) is 0 Å². The van der Waals surface area contributed by atoms with Gasteiger partial charge in [-0.2, -0.15) is 0 Å². The minimum absolute atomic E-state index is 0. The van der Waals surface area contributed by atoms with Crippen LogP contribution >= 0.6 is 7.91 Å². The van der Waals surface area contributed by atoms with Gasteiger partial charge in [0.1, 0.15) is 7.91 Å². The molecule has 0 amide bonds. The molecule has 0 N–H and O–H groups in total. The maximum absolute atomic E-state index is 10.1. The van der Waals surface area contributed by atoms with Crippen molar-refractivity contribution >= 4 is 7.91 Å². The van der Waals surface area contributed by atoms with Gasteiger partial charge in [0.05, 0.1) is 0 Å². The topological polar surface area (TPSA) is 63.2 Å². The Hall–Kier alpha value is 0.599. The van der Waals surface area contributed by atoms with Crippen molar-refractivity contribution in [3.63, 3.8) is 0 Å². The van der Waals surface area contributed by atoms with Crippen LogP contribution in [0, 0.1) is 0 Å². The number of hydrogen-bond donors (Lipinski definition) is 0. The second kappa shape index (κ2) is 2.72. The third-order valence-electron chi connectivity index (χ3n) is 0. The summed E-state index contributed by atoms with van der Waals surface area (Å²) in [6, 6.07) is 0. The van der Waals surface area contributed by atoms with Crippen molar-refractivity contribution in [2.45, 2.75) is 0 Å². The standard InChI is InChI=1S/Cu.FH2O3P/c;1-5(2,3)4/h;(H2,2,3,4)/q+2;/p-2. The molecular weight excluding hydrogens is 162 g/mol. The summed E-state index contributed by atoms with van der Waals surface area (Å²) in [7, 11) is -5.64. The SMILES string of the molecule is O=P([O-])([O-])F.[Cu+2]. The molecule has 0 unspecified atom stereocenters. The van der Waals surface area contributed by atoms with Crippen molar-refractivity contribution in [2.24, 2.45) is 0 Å². The van der Waals surface area contributed by atoms with E-state index in [0.29, 0.717) is 0 Å². The van der Waals surface area contributed by atoms with E-state index >= 15 is 0 Å². The first-order valence-electron chi connectivity index (χ1n) is 0.717. The van der Waals surface area contributed by atoms with Gasteiger partial charge in [0.15, 0.2) is 0 Å². The predicted molar refractivity (Wildman–Crippen MR) is 8.71 cm³/mol. The van der Waals surface area contributed by atoms with Gasteiger partial charge in [-0.25, -0.2) is 4.20 Å². The molecule has 0 saturated heterocycles. The molecule has 0 bridgehead atoms. The van der Waals surface area contributed by atoms with Crippen LogP contribution in [0.1, 0.15) is 0 Å². The average molecular weight is 162 g/mol. The van der Waals surface area contributed by atoms with Gasteiger partial charge in [-0.1, -0.05) is 0 Å². The van der Waals surface area contributed by atoms with Crippen molar-refractivity contribution in [3.8, 4) is 0 Å². The van der Waals surface area contributed by atoms with Crippen molar-refractivity contribution in [1.29, 1.82) is 0 Å². The fourth-order valence-corrected chi connectivity index (χ4v) is 0. The smallest absolute Gasteiger partial charge is 0.786 e. The van der Waals surface area contributed by atoms with Crippen LogP contribution in [0.5, 0.6) is 0 Å². The Labute approximate surface area is 44.3 Å². The van der Waals surface area contributed by atoms with Gasteiger partial charge < -0.3 is 14.4 Å². The molecule has 0 saturated carbocycles. The zero-order valence-corrected chi connectivity index (χ0v) is 4.19. The molecule has 41 valence electrons. The zero-order chi connectivity index (χ0) is 4.50. The Morgan fingerprint density at radius 2 is 1.50 bits per heavy atom. The van der Waals surface area contributed by atoms with E-state index in [2.05, 4.69) is 0 Å². The van der Waals surface area contributed by atoms with E-state index < -0.39 is 7.91 Å². The maximum Gasteiger partial charge on any atom is 2.00 e. The van der Waals surface area contributed by atoms with Crippen molar-refractivity contribution in [1.82, 2.24) is 0 Å². The fourth-order valence-electron chi connectivity index (χ4n) is 0. The van der Waals surface area contributed by atoms with Crippen LogP contribution < -0.4 is 9.79 Å². The van der Waals surface area contributed by atoms with Crippen LogP contribution in [0.2, 0.25) is 0 Å². The molecule has 0 fully saturated rings. The molecule has 3 nitrogen and oxygen atoms in total. The molecule has 0 aliphatic rings. The molecule has 0 spiro atoms. The van der Waals surface area contributed by atoms with Gasteiger partial charge in [0.25, 0.3) is 0 Å². The summed E-state index contributed by atoms with van der Waals surface area (Å²) in [6.07, 6.45) is 0. The Morgan fingerprint density at radius 3 is 1.50 bits per heavy atom. The number of halogens is 1. The van der Waals surface area contributed by atoms with Gasteiger partial charge in [0.2, 0.25) is 0 Å². The van der Waals surface area contributed by atoms with Gasteiger partial charge in [-0.3, -0.25) is 0 Å². The second-order valence-electron chi connectivity index (χ2n) is 0.431. The second-order valence-corrected chi connectivity index (χ2v) is 1.29. The van der Waals surface area contributed by atoms with Crippen molar-refractivity contribution in [3.05, 3.63) is 0 Å². The monoisotopic (exact) mass is 161 g/mol. The first-order chi connectivity index (χ1) is 2.00. The summed E-state index contributed by atoms with van der Waals surface area (Å²) in [4.78, 5) is 16.9. The van der Waals surface area contributed by atoms with Crippen LogP contribution in [0.15, 0.2) is 0 Å². The van der Waals surface area contributed by atoms with E-state index in [0.717, 1.165) is 0 Å². The number of rotatable bonds is 0. The Bertz CT molecular complexity index is 56.9. The fraction of sp³-hybridized carbons (Fsp3) is 0. The predicted octanol–water partition coefficient (Wildman–Crippen LogP) is -1.22. The molecular formula is CuFO3P. The van der Waals surface area contributed by atoms with E-state index in [1.165, 1.54) is 0 Å². The third-order valence-corrected chi connectivity index (χ3v) is 0. The minimum Gasteiger partial charge on any atom is -0.786 e. The third kappa shape index (κ3) is 166. The normalized spacial score (nSPS) is 9.83. The van der Waals surface area contributed by atoms with Crippen molar-refractivity contribution < 1.29 is 35.6 Å². The molecule has 0 aromatic carbocycles. The summed E-state index contributed by atoms with van der Waals surface area (Å²) in [5.41, 5.74) is 0. The molecule has 0 aliphatic heterocycles. The minimum atomic E-state index is -5.64. The Kier molecular flexibility index (Phi) is 4.43. The van der Waals surface area contributed by atoms with Gasteiger partial charge >= 0.3 is 17.1 Å². The van der Waals surface area contributed by atoms with Gasteiger partial charge in [-0.15, -0.1) is 0 Å². The maximum atomic E-state index is 10.1. The van der Waals surface area contributed by atoms with Gasteiger partial charge in [-0.05, 0) is 0 Å². The number of hydrogen-bond acceptors (Lipinski definition) is 3. The first-order valence-corrected chi connectivity index (χ1v) is 2.15. The van der Waals surface area contributed by atoms with Crippen LogP contribution in [0.3, 0.4) is 0 Å². The molecule has 6 heavy (non-hydrogen) atoms. The molecule has 0 aliphatic carbocycles. The van der Waals surface area contributed by atoms with E-state index in [4.69, 9.17) is 14.4 Å². The van der Waals surface area contributed by atoms with Crippen LogP contribution in [-0.4, -0.2) is 0 Å². The summed E-state index contributed by atoms with van der Waals surface area (Å²) in [6.45, 7) is 0. The summed E-state index contributed by atoms with van der Waals surface area (Å²) in [5.74, 6) is 0. The van der Waals surface area contributed by atoms with E-state index in [9.17, 15) is 4.20 Å². The molecule has 0 heterocycles. The zero-order valence-electron chi connectivity index (χ0n) is 2.35. The van der Waals surface area contributed by atoms with E-state index in [1.807, 2.05) is 0 Å². The molecule has 0 atom stereocenters. The largest absolute Gasteiger partial charge is 2.00 e. The molecule has 0 aromatic rings. The summed E-state index contributed by atoms with van der Waals surface area (Å²) in [5, 5.41) is 0. The van der Waals surface area contributed by atoms with E-state index in [-0.39, 0.29) is 17.1 Å². The summed E-state index contributed by atoms with van der Waals surface area (Å²) < 4.78 is 18.6. The van der Waals surface area contributed by atoms with Crippen LogP contribution in [0.25, 0.3) is 0 Å². The quantitative estimate of drug-likeness (QED) is 0.331. The van der Waals surface area contributed by atoms with Gasteiger partial charge in [0, 0.05) is 0 Å². The molecule has 0 aromatic heterocycles. The summed E-state index contributed by atoms with van der Waals surface area (Å²) >= 11 is 0. The average Bonchev–Trinajstić information content (AvgIpc) is 0.722. The Balaban J connectivity index is 0. The van der Waals surface area contributed by atoms with Crippen LogP contribution in [0.4, 0.5) is 4.20 Å². The first kappa shape index (κ1) is 9.78. The molecule has 1 radical (unpaired) electrons. The van der Waals surface area contributed by atoms with E-state index in [1.54, 1.807) is 0 Å².